The van der Waals surface area contributed by atoms with Crippen molar-refractivity contribution in [3.05, 3.63) is 53.6 Å². The second-order valence-electron chi connectivity index (χ2n) is 7.72. The van der Waals surface area contributed by atoms with E-state index in [0.29, 0.717) is 29.8 Å². The molecule has 8 nitrogen and oxygen atoms in total. The first-order chi connectivity index (χ1) is 15.4. The van der Waals surface area contributed by atoms with Gasteiger partial charge in [0.1, 0.15) is 0 Å². The average Bonchev–Trinajstić information content (AvgIpc) is 3.21. The molecule has 0 unspecified atom stereocenters. The molecule has 0 fully saturated rings. The molecule has 0 saturated heterocycles. The van der Waals surface area contributed by atoms with E-state index in [9.17, 15) is 4.79 Å². The van der Waals surface area contributed by atoms with E-state index in [0.717, 1.165) is 36.1 Å². The first kappa shape index (κ1) is 23.2. The highest BCUT2D eigenvalue weighted by atomic mass is 16.6. The number of aromatic nitrogens is 4. The van der Waals surface area contributed by atoms with Crippen molar-refractivity contribution in [2.75, 3.05) is 13.7 Å². The summed E-state index contributed by atoms with van der Waals surface area (Å²) in [6.07, 6.45) is 8.08. The molecule has 0 radical (unpaired) electrons. The molecule has 3 rings (SSSR count). The van der Waals surface area contributed by atoms with Crippen molar-refractivity contribution in [2.45, 2.75) is 52.9 Å². The van der Waals surface area contributed by atoms with Gasteiger partial charge in [-0.05, 0) is 48.4 Å². The Kier molecular flexibility index (Phi) is 7.81. The lowest BCUT2D eigenvalue weighted by molar-refractivity contribution is -0.132. The van der Waals surface area contributed by atoms with Gasteiger partial charge < -0.3 is 14.2 Å². The second-order valence-corrected chi connectivity index (χ2v) is 7.72. The quantitative estimate of drug-likeness (QED) is 0.265. The highest BCUT2D eigenvalue weighted by Crippen LogP contribution is 2.37. The van der Waals surface area contributed by atoms with Crippen LogP contribution in [0.1, 0.15) is 56.9 Å². The maximum Gasteiger partial charge on any atom is 0.308 e. The van der Waals surface area contributed by atoms with Gasteiger partial charge in [-0.2, -0.15) is 5.10 Å². The molecule has 2 heterocycles. The molecule has 170 valence electrons. The molecule has 8 heteroatoms. The zero-order chi connectivity index (χ0) is 23.1. The van der Waals surface area contributed by atoms with Gasteiger partial charge in [-0.25, -0.2) is 14.6 Å². The van der Waals surface area contributed by atoms with E-state index < -0.39 is 5.97 Å². The summed E-state index contributed by atoms with van der Waals surface area (Å²) in [4.78, 5) is 20.3. The SMILES string of the molecule is CCc1cnc(-n2cc(CCCOc3c(OC)cccc3OC(C)=O)c(C(C)C)n2)nc1. The number of nitrogens with zero attached hydrogens (tertiary/aromatic N) is 4. The molecule has 0 atom stereocenters. The van der Waals surface area contributed by atoms with Crippen LogP contribution in [0.4, 0.5) is 0 Å². The molecule has 0 N–H and O–H groups in total. The number of carbonyl (C=O) groups excluding carboxylic acids is 1. The van der Waals surface area contributed by atoms with Crippen LogP contribution in [0.5, 0.6) is 17.2 Å². The van der Waals surface area contributed by atoms with E-state index in [1.165, 1.54) is 6.92 Å². The van der Waals surface area contributed by atoms with E-state index >= 15 is 0 Å². The van der Waals surface area contributed by atoms with Gasteiger partial charge in [0.2, 0.25) is 11.7 Å². The Hall–Kier alpha value is -3.42. The third-order valence-electron chi connectivity index (χ3n) is 4.93. The van der Waals surface area contributed by atoms with Gasteiger partial charge >= 0.3 is 5.97 Å². The Bertz CT molecular complexity index is 1040. The second kappa shape index (κ2) is 10.7. The van der Waals surface area contributed by atoms with E-state index in [4.69, 9.17) is 19.3 Å². The van der Waals surface area contributed by atoms with Crippen LogP contribution in [0.15, 0.2) is 36.8 Å². The Morgan fingerprint density at radius 1 is 1.16 bits per heavy atom. The zero-order valence-electron chi connectivity index (χ0n) is 19.3. The highest BCUT2D eigenvalue weighted by Gasteiger charge is 2.16. The van der Waals surface area contributed by atoms with E-state index in [1.54, 1.807) is 30.0 Å². The topological polar surface area (TPSA) is 88.4 Å². The van der Waals surface area contributed by atoms with Crippen molar-refractivity contribution in [1.82, 2.24) is 19.7 Å². The fourth-order valence-electron chi connectivity index (χ4n) is 3.32. The van der Waals surface area contributed by atoms with Crippen LogP contribution >= 0.6 is 0 Å². The summed E-state index contributed by atoms with van der Waals surface area (Å²) >= 11 is 0. The van der Waals surface area contributed by atoms with Crippen LogP contribution in [0.3, 0.4) is 0 Å². The van der Waals surface area contributed by atoms with Gasteiger partial charge in [0.25, 0.3) is 0 Å². The largest absolute Gasteiger partial charge is 0.493 e. The fraction of sp³-hybridized carbons (Fsp3) is 0.417. The molecule has 1 aromatic carbocycles. The summed E-state index contributed by atoms with van der Waals surface area (Å²) in [5.74, 6) is 1.71. The molecular formula is C24H30N4O4. The number of rotatable bonds is 10. The van der Waals surface area contributed by atoms with Crippen molar-refractivity contribution in [1.29, 1.82) is 0 Å². The van der Waals surface area contributed by atoms with Gasteiger partial charge in [-0.1, -0.05) is 26.8 Å². The molecule has 3 aromatic rings. The Morgan fingerprint density at radius 2 is 1.88 bits per heavy atom. The maximum atomic E-state index is 11.4. The lowest BCUT2D eigenvalue weighted by atomic mass is 10.0. The average molecular weight is 439 g/mol. The molecule has 2 aromatic heterocycles. The highest BCUT2D eigenvalue weighted by molar-refractivity contribution is 5.71. The Balaban J connectivity index is 1.70. The molecule has 0 aliphatic rings. The summed E-state index contributed by atoms with van der Waals surface area (Å²) in [5.41, 5.74) is 3.24. The summed E-state index contributed by atoms with van der Waals surface area (Å²) in [5, 5.41) is 4.72. The third-order valence-corrected chi connectivity index (χ3v) is 4.93. The lowest BCUT2D eigenvalue weighted by Gasteiger charge is -2.14. The molecule has 0 bridgehead atoms. The van der Waals surface area contributed by atoms with E-state index in [1.807, 2.05) is 18.6 Å². The lowest BCUT2D eigenvalue weighted by Crippen LogP contribution is -2.07. The summed E-state index contributed by atoms with van der Waals surface area (Å²) in [6.45, 7) is 8.10. The predicted octanol–water partition coefficient (Wildman–Crippen LogP) is 4.29. The van der Waals surface area contributed by atoms with E-state index in [-0.39, 0.29) is 5.92 Å². The van der Waals surface area contributed by atoms with Crippen molar-refractivity contribution < 1.29 is 19.0 Å². The molecule has 32 heavy (non-hydrogen) atoms. The van der Waals surface area contributed by atoms with Crippen molar-refractivity contribution in [3.63, 3.8) is 0 Å². The van der Waals surface area contributed by atoms with E-state index in [2.05, 4.69) is 30.7 Å². The first-order valence-corrected chi connectivity index (χ1v) is 10.8. The van der Waals surface area contributed by atoms with Gasteiger partial charge in [0.05, 0.1) is 19.4 Å². The van der Waals surface area contributed by atoms with Crippen LogP contribution in [0, 0.1) is 0 Å². The number of benzene rings is 1. The molecule has 0 spiro atoms. The fourth-order valence-corrected chi connectivity index (χ4v) is 3.32. The predicted molar refractivity (Wildman–Crippen MR) is 121 cm³/mol. The van der Waals surface area contributed by atoms with Crippen LogP contribution < -0.4 is 14.2 Å². The van der Waals surface area contributed by atoms with Crippen molar-refractivity contribution >= 4 is 5.97 Å². The van der Waals surface area contributed by atoms with Crippen molar-refractivity contribution in [2.24, 2.45) is 0 Å². The number of aryl methyl sites for hydroxylation is 2. The minimum Gasteiger partial charge on any atom is -0.493 e. The first-order valence-electron chi connectivity index (χ1n) is 10.8. The van der Waals surface area contributed by atoms with Crippen LogP contribution in [-0.4, -0.2) is 39.4 Å². The number of carbonyl (C=O) groups is 1. The van der Waals surface area contributed by atoms with Crippen molar-refractivity contribution in [3.8, 4) is 23.2 Å². The molecular weight excluding hydrogens is 408 g/mol. The normalized spacial score (nSPS) is 10.9. The number of hydrogen-bond donors (Lipinski definition) is 0. The van der Waals surface area contributed by atoms with Crippen LogP contribution in [-0.2, 0) is 17.6 Å². The smallest absolute Gasteiger partial charge is 0.308 e. The molecule has 0 aliphatic carbocycles. The standard InChI is InChI=1S/C24H30N4O4/c1-6-18-13-25-24(26-14-18)28-15-19(22(27-28)16(2)3)9-8-12-31-23-20(30-5)10-7-11-21(23)32-17(4)29/h7,10-11,13-16H,6,8-9,12H2,1-5H3. The van der Waals surface area contributed by atoms with Gasteiger partial charge in [-0.3, -0.25) is 4.79 Å². The summed E-state index contributed by atoms with van der Waals surface area (Å²) in [7, 11) is 1.55. The number of hydrogen-bond acceptors (Lipinski definition) is 7. The van der Waals surface area contributed by atoms with Gasteiger partial charge in [0.15, 0.2) is 11.5 Å². The molecule has 0 saturated carbocycles. The zero-order valence-corrected chi connectivity index (χ0v) is 19.3. The number of esters is 1. The Labute approximate surface area is 188 Å². The minimum atomic E-state index is -0.411. The van der Waals surface area contributed by atoms with Gasteiger partial charge in [0, 0.05) is 25.5 Å². The minimum absolute atomic E-state index is 0.270. The van der Waals surface area contributed by atoms with Crippen LogP contribution in [0.25, 0.3) is 5.95 Å². The summed E-state index contributed by atoms with van der Waals surface area (Å²) < 4.78 is 18.3. The van der Waals surface area contributed by atoms with Crippen LogP contribution in [0.2, 0.25) is 0 Å². The maximum absolute atomic E-state index is 11.4. The monoisotopic (exact) mass is 438 g/mol. The summed E-state index contributed by atoms with van der Waals surface area (Å²) in [6, 6.07) is 5.21. The number of ether oxygens (including phenoxy) is 3. The number of methoxy groups -OCH3 is 1. The molecule has 0 amide bonds. The Morgan fingerprint density at radius 3 is 2.50 bits per heavy atom. The molecule has 0 aliphatic heterocycles. The number of para-hydroxylation sites is 1. The third kappa shape index (κ3) is 5.63. The van der Waals surface area contributed by atoms with Gasteiger partial charge in [-0.15, -0.1) is 0 Å².